The fraction of sp³-hybridized carbons (Fsp3) is 0.812. The molecule has 26 heavy (non-hydrogen) atoms. The van der Waals surface area contributed by atoms with Crippen LogP contribution >= 0.6 is 0 Å². The van der Waals surface area contributed by atoms with Gasteiger partial charge in [0.25, 0.3) is 5.91 Å². The maximum Gasteiger partial charge on any atom is 0.323 e. The lowest BCUT2D eigenvalue weighted by atomic mass is 10.0. The average Bonchev–Trinajstić information content (AvgIpc) is 2.62. The van der Waals surface area contributed by atoms with Gasteiger partial charge in [-0.05, 0) is 12.3 Å². The Kier molecular flexibility index (Phi) is 11.2. The van der Waals surface area contributed by atoms with Crippen molar-refractivity contribution in [2.45, 2.75) is 70.5 Å². The van der Waals surface area contributed by atoms with E-state index in [2.05, 4.69) is 0 Å². The van der Waals surface area contributed by atoms with Crippen LogP contribution in [0.1, 0.15) is 40.0 Å². The molecule has 6 atom stereocenters. The van der Waals surface area contributed by atoms with Gasteiger partial charge in [0.05, 0.1) is 0 Å². The normalized spacial score (nSPS) is 18.2. The number of aliphatic hydroxyl groups excluding tert-OH is 4. The lowest BCUT2D eigenvalue weighted by Crippen LogP contribution is -2.53. The molecule has 0 rings (SSSR count). The van der Waals surface area contributed by atoms with Crippen LogP contribution in [-0.2, 0) is 19.1 Å². The minimum atomic E-state index is -2.15. The first-order valence-electron chi connectivity index (χ1n) is 8.54. The number of imide groups is 1. The van der Waals surface area contributed by atoms with Crippen LogP contribution in [0, 0.1) is 5.92 Å². The van der Waals surface area contributed by atoms with Crippen molar-refractivity contribution in [2.24, 2.45) is 11.7 Å². The number of carbonyl (C=O) groups is 3. The zero-order valence-corrected chi connectivity index (χ0v) is 15.3. The molecule has 152 valence electrons. The summed E-state index contributed by atoms with van der Waals surface area (Å²) in [6.07, 6.45) is -6.86. The predicted octanol–water partition coefficient (Wildman–Crippen LogP) is -2.21. The third kappa shape index (κ3) is 7.75. The molecule has 7 N–H and O–H groups in total. The van der Waals surface area contributed by atoms with Gasteiger partial charge >= 0.3 is 5.97 Å². The zero-order chi connectivity index (χ0) is 20.4. The van der Waals surface area contributed by atoms with Crippen molar-refractivity contribution in [3.63, 3.8) is 0 Å². The summed E-state index contributed by atoms with van der Waals surface area (Å²) in [4.78, 5) is 34.6. The average molecular weight is 378 g/mol. The fourth-order valence-corrected chi connectivity index (χ4v) is 1.92. The van der Waals surface area contributed by atoms with Crippen LogP contribution in [0.4, 0.5) is 0 Å². The molecule has 6 unspecified atom stereocenters. The Bertz CT molecular complexity index is 473. The molecule has 0 aliphatic rings. The van der Waals surface area contributed by atoms with Crippen LogP contribution < -0.4 is 11.1 Å². The first-order valence-corrected chi connectivity index (χ1v) is 8.54. The molecule has 2 amide bonds. The van der Waals surface area contributed by atoms with Gasteiger partial charge in [-0.25, -0.2) is 0 Å². The van der Waals surface area contributed by atoms with E-state index in [-0.39, 0.29) is 12.3 Å². The van der Waals surface area contributed by atoms with E-state index in [1.165, 1.54) is 0 Å². The van der Waals surface area contributed by atoms with Crippen LogP contribution in [0.5, 0.6) is 0 Å². The highest BCUT2D eigenvalue weighted by Crippen LogP contribution is 2.09. The Morgan fingerprint density at radius 3 is 2.15 bits per heavy atom. The number of aliphatic hydroxyl groups is 4. The summed E-state index contributed by atoms with van der Waals surface area (Å²) < 4.78 is 4.78. The first kappa shape index (κ1) is 24.4. The number of hydrogen-bond donors (Lipinski definition) is 6. The van der Waals surface area contributed by atoms with Crippen LogP contribution in [0.15, 0.2) is 0 Å². The van der Waals surface area contributed by atoms with Crippen molar-refractivity contribution in [3.05, 3.63) is 0 Å². The molecular weight excluding hydrogens is 348 g/mol. The number of ether oxygens (including phenoxy) is 1. The van der Waals surface area contributed by atoms with E-state index >= 15 is 0 Å². The van der Waals surface area contributed by atoms with Gasteiger partial charge < -0.3 is 30.9 Å². The standard InChI is InChI=1S/C16H30N2O8/c1-4-6-10(20)18-15(24)14(23)13(22)12(21)9(19)7-26-16(25)11(17)8(3)5-2/h8-9,11-14,19,21-23H,4-7,17H2,1-3H3,(H,18,20,24). The van der Waals surface area contributed by atoms with Crippen LogP contribution in [0.25, 0.3) is 0 Å². The zero-order valence-electron chi connectivity index (χ0n) is 15.3. The number of nitrogens with two attached hydrogens (primary N) is 1. The molecule has 0 radical (unpaired) electrons. The molecule has 0 saturated heterocycles. The van der Waals surface area contributed by atoms with E-state index in [1.807, 2.05) is 12.2 Å². The molecule has 0 heterocycles. The molecule has 0 aliphatic heterocycles. The Balaban J connectivity index is 4.56. The Hall–Kier alpha value is -1.59. The quantitative estimate of drug-likeness (QED) is 0.217. The molecule has 0 aromatic heterocycles. The largest absolute Gasteiger partial charge is 0.462 e. The lowest BCUT2D eigenvalue weighted by molar-refractivity contribution is -0.162. The summed E-state index contributed by atoms with van der Waals surface area (Å²) in [5.41, 5.74) is 5.66. The Morgan fingerprint density at radius 1 is 1.08 bits per heavy atom. The molecule has 0 aromatic rings. The summed E-state index contributed by atoms with van der Waals surface area (Å²) in [5, 5.41) is 40.9. The highest BCUT2D eigenvalue weighted by Gasteiger charge is 2.35. The number of esters is 1. The summed E-state index contributed by atoms with van der Waals surface area (Å²) in [6.45, 7) is 4.61. The molecule has 0 bridgehead atoms. The summed E-state index contributed by atoms with van der Waals surface area (Å²) in [5.74, 6) is -2.80. The van der Waals surface area contributed by atoms with Gasteiger partial charge in [0.1, 0.15) is 31.0 Å². The SMILES string of the molecule is CCCC(=O)NC(=O)C(O)C(O)C(O)C(O)COC(=O)C(N)C(C)CC. The second kappa shape index (κ2) is 11.9. The number of amides is 2. The van der Waals surface area contributed by atoms with E-state index < -0.39 is 54.8 Å². The number of hydrogen-bond acceptors (Lipinski definition) is 9. The van der Waals surface area contributed by atoms with E-state index in [0.29, 0.717) is 12.8 Å². The second-order valence-electron chi connectivity index (χ2n) is 6.20. The highest BCUT2D eigenvalue weighted by atomic mass is 16.5. The van der Waals surface area contributed by atoms with Crippen LogP contribution in [0.2, 0.25) is 0 Å². The summed E-state index contributed by atoms with van der Waals surface area (Å²) in [7, 11) is 0. The maximum atomic E-state index is 11.7. The molecule has 0 aliphatic carbocycles. The third-order valence-corrected chi connectivity index (χ3v) is 4.00. The summed E-state index contributed by atoms with van der Waals surface area (Å²) in [6, 6.07) is -0.907. The van der Waals surface area contributed by atoms with E-state index in [1.54, 1.807) is 13.8 Å². The second-order valence-corrected chi connectivity index (χ2v) is 6.20. The fourth-order valence-electron chi connectivity index (χ4n) is 1.92. The summed E-state index contributed by atoms with van der Waals surface area (Å²) >= 11 is 0. The molecule has 0 aromatic carbocycles. The first-order chi connectivity index (χ1) is 12.1. The molecule has 10 nitrogen and oxygen atoms in total. The van der Waals surface area contributed by atoms with Gasteiger partial charge in [-0.3, -0.25) is 19.7 Å². The van der Waals surface area contributed by atoms with Crippen LogP contribution in [0.3, 0.4) is 0 Å². The number of rotatable bonds is 11. The predicted molar refractivity (Wildman–Crippen MR) is 90.5 cm³/mol. The third-order valence-electron chi connectivity index (χ3n) is 4.00. The van der Waals surface area contributed by atoms with Crippen molar-refractivity contribution in [2.75, 3.05) is 6.61 Å². The molecule has 10 heteroatoms. The van der Waals surface area contributed by atoms with Crippen molar-refractivity contribution in [3.8, 4) is 0 Å². The molecular formula is C16H30N2O8. The van der Waals surface area contributed by atoms with Gasteiger partial charge in [0, 0.05) is 6.42 Å². The molecule has 0 saturated carbocycles. The van der Waals surface area contributed by atoms with Crippen molar-refractivity contribution in [1.29, 1.82) is 0 Å². The minimum Gasteiger partial charge on any atom is -0.462 e. The van der Waals surface area contributed by atoms with Gasteiger partial charge in [0.15, 0.2) is 6.10 Å². The lowest BCUT2D eigenvalue weighted by Gasteiger charge is -2.26. The molecule has 0 fully saturated rings. The molecule has 0 spiro atoms. The maximum absolute atomic E-state index is 11.7. The van der Waals surface area contributed by atoms with Crippen molar-refractivity contribution in [1.82, 2.24) is 5.32 Å². The number of carbonyl (C=O) groups excluding carboxylic acids is 3. The van der Waals surface area contributed by atoms with Crippen molar-refractivity contribution >= 4 is 17.8 Å². The van der Waals surface area contributed by atoms with Gasteiger partial charge in [0.2, 0.25) is 5.91 Å². The Labute approximate surface area is 152 Å². The van der Waals surface area contributed by atoms with Gasteiger partial charge in [-0.2, -0.15) is 0 Å². The topological polar surface area (TPSA) is 179 Å². The van der Waals surface area contributed by atoms with Gasteiger partial charge in [-0.15, -0.1) is 0 Å². The minimum absolute atomic E-state index is 0.0477. The van der Waals surface area contributed by atoms with E-state index in [9.17, 15) is 34.8 Å². The monoisotopic (exact) mass is 378 g/mol. The van der Waals surface area contributed by atoms with Crippen LogP contribution in [-0.4, -0.2) is 75.3 Å². The van der Waals surface area contributed by atoms with E-state index in [0.717, 1.165) is 0 Å². The highest BCUT2D eigenvalue weighted by molar-refractivity contribution is 5.97. The number of nitrogens with one attached hydrogen (secondary N) is 1. The van der Waals surface area contributed by atoms with Crippen molar-refractivity contribution < 1.29 is 39.5 Å². The Morgan fingerprint density at radius 2 is 1.65 bits per heavy atom. The van der Waals surface area contributed by atoms with Gasteiger partial charge in [-0.1, -0.05) is 27.2 Å². The van der Waals surface area contributed by atoms with E-state index in [4.69, 9.17) is 10.5 Å². The smallest absolute Gasteiger partial charge is 0.323 e.